The van der Waals surface area contributed by atoms with Gasteiger partial charge in [0.1, 0.15) is 5.82 Å². The largest absolute Gasteiger partial charge is 0.379 e. The van der Waals surface area contributed by atoms with Crippen LogP contribution in [0.3, 0.4) is 0 Å². The molecule has 0 saturated carbocycles. The van der Waals surface area contributed by atoms with E-state index in [1.54, 1.807) is 19.1 Å². The third kappa shape index (κ3) is 3.61. The van der Waals surface area contributed by atoms with Crippen molar-refractivity contribution in [1.29, 1.82) is 0 Å². The van der Waals surface area contributed by atoms with E-state index in [1.165, 1.54) is 6.07 Å². The predicted octanol–water partition coefficient (Wildman–Crippen LogP) is 2.29. The van der Waals surface area contributed by atoms with Gasteiger partial charge in [0, 0.05) is 31.1 Å². The van der Waals surface area contributed by atoms with Crippen LogP contribution in [0.1, 0.15) is 22.8 Å². The Kier molecular flexibility index (Phi) is 4.66. The summed E-state index contributed by atoms with van der Waals surface area (Å²) in [4.78, 5) is 14.5. The van der Waals surface area contributed by atoms with E-state index in [-0.39, 0.29) is 17.5 Å². The van der Waals surface area contributed by atoms with Crippen LogP contribution in [0.2, 0.25) is 0 Å². The molecule has 0 amide bonds. The van der Waals surface area contributed by atoms with E-state index in [0.29, 0.717) is 11.1 Å². The van der Waals surface area contributed by atoms with Gasteiger partial charge >= 0.3 is 0 Å². The number of benzene rings is 1. The average molecular weight is 265 g/mol. The van der Waals surface area contributed by atoms with Crippen LogP contribution in [0.4, 0.5) is 4.39 Å². The van der Waals surface area contributed by atoms with Gasteiger partial charge in [-0.3, -0.25) is 9.69 Å². The van der Waals surface area contributed by atoms with Crippen molar-refractivity contribution >= 4 is 5.78 Å². The van der Waals surface area contributed by atoms with E-state index >= 15 is 0 Å². The van der Waals surface area contributed by atoms with E-state index < -0.39 is 0 Å². The van der Waals surface area contributed by atoms with Gasteiger partial charge in [-0.1, -0.05) is 6.92 Å². The standard InChI is InChI=1S/C15H20FNO2/c1-11-9-13(3-4-14(11)16)15(18)12(2)10-17-5-7-19-8-6-17/h3-4,9,12H,5-8,10H2,1-2H3. The number of morpholine rings is 1. The molecule has 3 nitrogen and oxygen atoms in total. The number of carbonyl (C=O) groups is 1. The molecular weight excluding hydrogens is 245 g/mol. The first-order valence-electron chi connectivity index (χ1n) is 6.68. The maximum Gasteiger partial charge on any atom is 0.166 e. The van der Waals surface area contributed by atoms with Crippen molar-refractivity contribution in [2.45, 2.75) is 13.8 Å². The van der Waals surface area contributed by atoms with Gasteiger partial charge in [-0.05, 0) is 30.7 Å². The second-order valence-electron chi connectivity index (χ2n) is 5.14. The molecule has 0 spiro atoms. The van der Waals surface area contributed by atoms with Gasteiger partial charge in [0.15, 0.2) is 5.78 Å². The SMILES string of the molecule is Cc1cc(C(=O)C(C)CN2CCOCC2)ccc1F. The number of hydrogen-bond donors (Lipinski definition) is 0. The summed E-state index contributed by atoms with van der Waals surface area (Å²) in [6.07, 6.45) is 0. The lowest BCUT2D eigenvalue weighted by Crippen LogP contribution is -2.40. The van der Waals surface area contributed by atoms with Crippen LogP contribution < -0.4 is 0 Å². The third-order valence-corrected chi connectivity index (χ3v) is 3.53. The number of Topliss-reactive ketones (excluding diaryl/α,β-unsaturated/α-hetero) is 1. The van der Waals surface area contributed by atoms with Gasteiger partial charge in [0.05, 0.1) is 13.2 Å². The molecule has 1 aromatic rings. The number of nitrogens with zero attached hydrogens (tertiary/aromatic N) is 1. The minimum atomic E-state index is -0.266. The predicted molar refractivity (Wildman–Crippen MR) is 71.9 cm³/mol. The monoisotopic (exact) mass is 265 g/mol. The van der Waals surface area contributed by atoms with E-state index in [1.807, 2.05) is 6.92 Å². The molecule has 0 radical (unpaired) electrons. The Morgan fingerprint density at radius 2 is 2.11 bits per heavy atom. The Bertz CT molecular complexity index is 455. The molecule has 0 aromatic heterocycles. The topological polar surface area (TPSA) is 29.5 Å². The highest BCUT2D eigenvalue weighted by atomic mass is 19.1. The lowest BCUT2D eigenvalue weighted by atomic mass is 9.97. The minimum Gasteiger partial charge on any atom is -0.379 e. The van der Waals surface area contributed by atoms with Crippen LogP contribution >= 0.6 is 0 Å². The van der Waals surface area contributed by atoms with Crippen LogP contribution in [0.25, 0.3) is 0 Å². The Morgan fingerprint density at radius 1 is 1.42 bits per heavy atom. The first-order valence-corrected chi connectivity index (χ1v) is 6.68. The molecule has 1 aromatic carbocycles. The zero-order chi connectivity index (χ0) is 13.8. The van der Waals surface area contributed by atoms with Gasteiger partial charge in [0.2, 0.25) is 0 Å². The Morgan fingerprint density at radius 3 is 2.74 bits per heavy atom. The summed E-state index contributed by atoms with van der Waals surface area (Å²) >= 11 is 0. The fourth-order valence-corrected chi connectivity index (χ4v) is 2.34. The number of hydrogen-bond acceptors (Lipinski definition) is 3. The number of ether oxygens (including phenoxy) is 1. The molecule has 0 N–H and O–H groups in total. The number of ketones is 1. The quantitative estimate of drug-likeness (QED) is 0.782. The molecule has 1 atom stereocenters. The first-order chi connectivity index (χ1) is 9.08. The minimum absolute atomic E-state index is 0.0783. The Labute approximate surface area is 113 Å². The second-order valence-corrected chi connectivity index (χ2v) is 5.14. The number of carbonyl (C=O) groups excluding carboxylic acids is 1. The van der Waals surface area contributed by atoms with Crippen molar-refractivity contribution < 1.29 is 13.9 Å². The molecule has 0 aliphatic carbocycles. The molecule has 2 rings (SSSR count). The van der Waals surface area contributed by atoms with Gasteiger partial charge in [0.25, 0.3) is 0 Å². The van der Waals surface area contributed by atoms with E-state index in [2.05, 4.69) is 4.90 Å². The number of halogens is 1. The van der Waals surface area contributed by atoms with Crippen LogP contribution in [0.5, 0.6) is 0 Å². The van der Waals surface area contributed by atoms with Crippen molar-refractivity contribution in [3.8, 4) is 0 Å². The normalized spacial score (nSPS) is 18.3. The molecule has 104 valence electrons. The first kappa shape index (κ1) is 14.2. The fourth-order valence-electron chi connectivity index (χ4n) is 2.34. The molecule has 0 bridgehead atoms. The molecule has 19 heavy (non-hydrogen) atoms. The molecule has 4 heteroatoms. The van der Waals surface area contributed by atoms with Gasteiger partial charge in [-0.2, -0.15) is 0 Å². The smallest absolute Gasteiger partial charge is 0.166 e. The average Bonchev–Trinajstić information content (AvgIpc) is 2.42. The van der Waals surface area contributed by atoms with E-state index in [0.717, 1.165) is 32.8 Å². The van der Waals surface area contributed by atoms with Crippen molar-refractivity contribution in [3.05, 3.63) is 35.1 Å². The molecule has 1 unspecified atom stereocenters. The lowest BCUT2D eigenvalue weighted by molar-refractivity contribution is 0.0313. The summed E-state index contributed by atoms with van der Waals surface area (Å²) in [5.74, 6) is -0.269. The third-order valence-electron chi connectivity index (χ3n) is 3.53. The highest BCUT2D eigenvalue weighted by molar-refractivity contribution is 5.97. The number of rotatable bonds is 4. The highest BCUT2D eigenvalue weighted by Crippen LogP contribution is 2.15. The Hall–Kier alpha value is -1.26. The lowest BCUT2D eigenvalue weighted by Gasteiger charge is -2.28. The zero-order valence-electron chi connectivity index (χ0n) is 11.5. The molecule has 1 saturated heterocycles. The van der Waals surface area contributed by atoms with Gasteiger partial charge < -0.3 is 4.74 Å². The van der Waals surface area contributed by atoms with Crippen LogP contribution in [-0.4, -0.2) is 43.5 Å². The highest BCUT2D eigenvalue weighted by Gasteiger charge is 2.20. The zero-order valence-corrected chi connectivity index (χ0v) is 11.5. The molecule has 1 aliphatic heterocycles. The van der Waals surface area contributed by atoms with Crippen LogP contribution in [0.15, 0.2) is 18.2 Å². The van der Waals surface area contributed by atoms with E-state index in [4.69, 9.17) is 4.74 Å². The summed E-state index contributed by atoms with van der Waals surface area (Å²) in [7, 11) is 0. The summed E-state index contributed by atoms with van der Waals surface area (Å²) in [6.45, 7) is 7.56. The van der Waals surface area contributed by atoms with Gasteiger partial charge in [-0.25, -0.2) is 4.39 Å². The molecule has 1 aliphatic rings. The molecule has 1 heterocycles. The van der Waals surface area contributed by atoms with Crippen LogP contribution in [0, 0.1) is 18.7 Å². The maximum absolute atomic E-state index is 13.2. The van der Waals surface area contributed by atoms with Gasteiger partial charge in [-0.15, -0.1) is 0 Å². The second kappa shape index (κ2) is 6.26. The fraction of sp³-hybridized carbons (Fsp3) is 0.533. The van der Waals surface area contributed by atoms with Crippen molar-refractivity contribution in [1.82, 2.24) is 4.90 Å². The van der Waals surface area contributed by atoms with E-state index in [9.17, 15) is 9.18 Å². The maximum atomic E-state index is 13.2. The summed E-state index contributed by atoms with van der Waals surface area (Å²) in [6, 6.07) is 4.57. The Balaban J connectivity index is 1.99. The number of aryl methyl sites for hydroxylation is 1. The summed E-state index contributed by atoms with van der Waals surface area (Å²) in [5.41, 5.74) is 1.11. The summed E-state index contributed by atoms with van der Waals surface area (Å²) < 4.78 is 18.5. The molecular formula is C15H20FNO2. The molecule has 1 fully saturated rings. The summed E-state index contributed by atoms with van der Waals surface area (Å²) in [5, 5.41) is 0. The van der Waals surface area contributed by atoms with Crippen molar-refractivity contribution in [2.24, 2.45) is 5.92 Å². The van der Waals surface area contributed by atoms with Crippen LogP contribution in [-0.2, 0) is 4.74 Å². The van der Waals surface area contributed by atoms with Crippen molar-refractivity contribution in [2.75, 3.05) is 32.8 Å². The van der Waals surface area contributed by atoms with Crippen molar-refractivity contribution in [3.63, 3.8) is 0 Å².